The number of thiophene rings is 1. The maximum absolute atomic E-state index is 12.6. The van der Waals surface area contributed by atoms with Gasteiger partial charge in [-0.05, 0) is 50.7 Å². The van der Waals surface area contributed by atoms with Gasteiger partial charge in [0.25, 0.3) is 5.91 Å². The predicted octanol–water partition coefficient (Wildman–Crippen LogP) is 2.96. The van der Waals surface area contributed by atoms with E-state index in [-0.39, 0.29) is 5.91 Å². The number of aryl methyl sites for hydroxylation is 1. The Bertz CT molecular complexity index is 1050. The Morgan fingerprint density at radius 3 is 2.61 bits per heavy atom. The van der Waals surface area contributed by atoms with E-state index >= 15 is 0 Å². The summed E-state index contributed by atoms with van der Waals surface area (Å²) in [6.45, 7) is 4.02. The molecule has 0 saturated carbocycles. The molecule has 0 radical (unpaired) electrons. The molecule has 9 heteroatoms. The standard InChI is InChI=1S/C22H29N5O3S/c1-14-18-20(23-9-8-15-6-7-16(29-4)17(12-15)30-5)25-13-26-22(18)31-19(14)21(28)24-10-11-27(2)3/h6-7,12-13H,8-11H2,1-5H3,(H,24,28)(H,23,25,26). The first-order chi connectivity index (χ1) is 14.9. The first-order valence-corrected chi connectivity index (χ1v) is 10.9. The molecule has 0 aliphatic rings. The summed E-state index contributed by atoms with van der Waals surface area (Å²) in [5.41, 5.74) is 2.02. The fraction of sp³-hybridized carbons (Fsp3) is 0.409. The molecule has 0 aliphatic heterocycles. The molecule has 0 spiro atoms. The quantitative estimate of drug-likeness (QED) is 0.498. The van der Waals surface area contributed by atoms with Crippen LogP contribution in [0.3, 0.4) is 0 Å². The van der Waals surface area contributed by atoms with Gasteiger partial charge in [0.15, 0.2) is 11.5 Å². The van der Waals surface area contributed by atoms with Crippen LogP contribution in [0.25, 0.3) is 10.2 Å². The van der Waals surface area contributed by atoms with Crippen LogP contribution in [0.2, 0.25) is 0 Å². The van der Waals surface area contributed by atoms with E-state index in [4.69, 9.17) is 9.47 Å². The van der Waals surface area contributed by atoms with Crippen molar-refractivity contribution in [3.63, 3.8) is 0 Å². The summed E-state index contributed by atoms with van der Waals surface area (Å²) in [7, 11) is 7.21. The number of carbonyl (C=O) groups is 1. The van der Waals surface area contributed by atoms with Crippen molar-refractivity contribution in [1.29, 1.82) is 0 Å². The van der Waals surface area contributed by atoms with Crippen LogP contribution in [0, 0.1) is 6.92 Å². The second-order valence-electron chi connectivity index (χ2n) is 7.38. The van der Waals surface area contributed by atoms with Crippen LogP contribution in [0.15, 0.2) is 24.5 Å². The number of benzene rings is 1. The molecule has 2 N–H and O–H groups in total. The van der Waals surface area contributed by atoms with Gasteiger partial charge < -0.3 is 25.0 Å². The van der Waals surface area contributed by atoms with Gasteiger partial charge in [0, 0.05) is 19.6 Å². The Morgan fingerprint density at radius 2 is 1.90 bits per heavy atom. The number of methoxy groups -OCH3 is 2. The van der Waals surface area contributed by atoms with Crippen LogP contribution in [-0.2, 0) is 6.42 Å². The number of rotatable bonds is 10. The molecular weight excluding hydrogens is 414 g/mol. The third-order valence-electron chi connectivity index (χ3n) is 4.93. The molecule has 166 valence electrons. The summed E-state index contributed by atoms with van der Waals surface area (Å²) in [4.78, 5) is 24.9. The van der Waals surface area contributed by atoms with E-state index in [1.165, 1.54) is 17.7 Å². The smallest absolute Gasteiger partial charge is 0.261 e. The van der Waals surface area contributed by atoms with Crippen molar-refractivity contribution < 1.29 is 14.3 Å². The Morgan fingerprint density at radius 1 is 1.13 bits per heavy atom. The molecule has 3 aromatic rings. The summed E-state index contributed by atoms with van der Waals surface area (Å²) in [6.07, 6.45) is 2.32. The Kier molecular flexibility index (Phi) is 7.64. The molecule has 31 heavy (non-hydrogen) atoms. The molecule has 1 amide bonds. The zero-order valence-electron chi connectivity index (χ0n) is 18.6. The highest BCUT2D eigenvalue weighted by atomic mass is 32.1. The van der Waals surface area contributed by atoms with Gasteiger partial charge in [-0.25, -0.2) is 9.97 Å². The lowest BCUT2D eigenvalue weighted by molar-refractivity contribution is 0.0954. The number of aromatic nitrogens is 2. The van der Waals surface area contributed by atoms with E-state index in [1.807, 2.05) is 44.1 Å². The molecule has 0 aliphatic carbocycles. The van der Waals surface area contributed by atoms with E-state index in [0.717, 1.165) is 40.1 Å². The van der Waals surface area contributed by atoms with Crippen molar-refractivity contribution in [2.24, 2.45) is 0 Å². The zero-order valence-corrected chi connectivity index (χ0v) is 19.4. The first kappa shape index (κ1) is 22.8. The molecule has 0 bridgehead atoms. The molecule has 8 nitrogen and oxygen atoms in total. The number of hydrogen-bond donors (Lipinski definition) is 2. The molecule has 0 saturated heterocycles. The molecule has 3 rings (SSSR count). The maximum atomic E-state index is 12.6. The van der Waals surface area contributed by atoms with E-state index in [9.17, 15) is 4.79 Å². The third kappa shape index (κ3) is 5.42. The minimum absolute atomic E-state index is 0.0707. The van der Waals surface area contributed by atoms with E-state index in [0.29, 0.717) is 29.5 Å². The fourth-order valence-electron chi connectivity index (χ4n) is 3.26. The summed E-state index contributed by atoms with van der Waals surface area (Å²) in [6, 6.07) is 5.90. The second-order valence-corrected chi connectivity index (χ2v) is 8.38. The lowest BCUT2D eigenvalue weighted by Crippen LogP contribution is -2.31. The SMILES string of the molecule is COc1ccc(CCNc2ncnc3sc(C(=O)NCCN(C)C)c(C)c23)cc1OC. The fourth-order valence-corrected chi connectivity index (χ4v) is 4.32. The average Bonchev–Trinajstić information content (AvgIpc) is 3.10. The molecule has 0 unspecified atom stereocenters. The minimum atomic E-state index is -0.0707. The Hall–Kier alpha value is -2.91. The summed E-state index contributed by atoms with van der Waals surface area (Å²) >= 11 is 1.40. The normalized spacial score (nSPS) is 11.0. The van der Waals surface area contributed by atoms with Crippen LogP contribution in [-0.4, -0.2) is 68.7 Å². The number of anilines is 1. The molecule has 0 fully saturated rings. The van der Waals surface area contributed by atoms with E-state index in [2.05, 4.69) is 20.6 Å². The summed E-state index contributed by atoms with van der Waals surface area (Å²) < 4.78 is 10.7. The predicted molar refractivity (Wildman–Crippen MR) is 125 cm³/mol. The van der Waals surface area contributed by atoms with Crippen LogP contribution < -0.4 is 20.1 Å². The molecule has 2 heterocycles. The van der Waals surface area contributed by atoms with Gasteiger partial charge in [-0.2, -0.15) is 0 Å². The number of fused-ring (bicyclic) bond motifs is 1. The lowest BCUT2D eigenvalue weighted by Gasteiger charge is -2.11. The second kappa shape index (κ2) is 10.4. The largest absolute Gasteiger partial charge is 0.493 e. The Balaban J connectivity index is 1.71. The molecule has 1 aromatic carbocycles. The van der Waals surface area contributed by atoms with Crippen molar-refractivity contribution in [2.45, 2.75) is 13.3 Å². The zero-order chi connectivity index (χ0) is 22.4. The third-order valence-corrected chi connectivity index (χ3v) is 6.13. The average molecular weight is 444 g/mol. The van der Waals surface area contributed by atoms with Gasteiger partial charge in [0.05, 0.1) is 24.5 Å². The summed E-state index contributed by atoms with van der Waals surface area (Å²) in [5, 5.41) is 7.27. The Labute approximate surface area is 186 Å². The van der Waals surface area contributed by atoms with Gasteiger partial charge in [0.2, 0.25) is 0 Å². The van der Waals surface area contributed by atoms with Gasteiger partial charge >= 0.3 is 0 Å². The van der Waals surface area contributed by atoms with E-state index < -0.39 is 0 Å². The number of nitrogens with zero attached hydrogens (tertiary/aromatic N) is 3. The van der Waals surface area contributed by atoms with Crippen LogP contribution in [0.5, 0.6) is 11.5 Å². The van der Waals surface area contributed by atoms with Gasteiger partial charge in [-0.15, -0.1) is 11.3 Å². The van der Waals surface area contributed by atoms with Crippen LogP contribution in [0.1, 0.15) is 20.8 Å². The highest BCUT2D eigenvalue weighted by Crippen LogP contribution is 2.33. The number of amides is 1. The van der Waals surface area contributed by atoms with Gasteiger partial charge in [-0.1, -0.05) is 6.07 Å². The van der Waals surface area contributed by atoms with Crippen molar-refractivity contribution in [1.82, 2.24) is 20.2 Å². The number of nitrogens with one attached hydrogen (secondary N) is 2. The number of carbonyl (C=O) groups excluding carboxylic acids is 1. The monoisotopic (exact) mass is 443 g/mol. The van der Waals surface area contributed by atoms with Crippen molar-refractivity contribution >= 4 is 33.3 Å². The molecule has 2 aromatic heterocycles. The molecule has 0 atom stereocenters. The maximum Gasteiger partial charge on any atom is 0.261 e. The number of likely N-dealkylation sites (N-methyl/N-ethyl adjacent to an activating group) is 1. The number of hydrogen-bond acceptors (Lipinski definition) is 8. The lowest BCUT2D eigenvalue weighted by atomic mass is 10.1. The van der Waals surface area contributed by atoms with Crippen molar-refractivity contribution in [2.75, 3.05) is 53.3 Å². The van der Waals surface area contributed by atoms with Crippen molar-refractivity contribution in [3.8, 4) is 11.5 Å². The van der Waals surface area contributed by atoms with Gasteiger partial charge in [0.1, 0.15) is 17.0 Å². The minimum Gasteiger partial charge on any atom is -0.493 e. The summed E-state index contributed by atoms with van der Waals surface area (Å²) in [5.74, 6) is 2.09. The highest BCUT2D eigenvalue weighted by molar-refractivity contribution is 7.20. The van der Waals surface area contributed by atoms with Crippen LogP contribution >= 0.6 is 11.3 Å². The highest BCUT2D eigenvalue weighted by Gasteiger charge is 2.19. The van der Waals surface area contributed by atoms with Gasteiger partial charge in [-0.3, -0.25) is 4.79 Å². The first-order valence-electron chi connectivity index (χ1n) is 10.1. The molecular formula is C22H29N5O3S. The van der Waals surface area contributed by atoms with E-state index in [1.54, 1.807) is 14.2 Å². The topological polar surface area (TPSA) is 88.6 Å². The van der Waals surface area contributed by atoms with Crippen LogP contribution in [0.4, 0.5) is 5.82 Å². The van der Waals surface area contributed by atoms with Crippen molar-refractivity contribution in [3.05, 3.63) is 40.5 Å². The number of ether oxygens (including phenoxy) is 2.